The lowest BCUT2D eigenvalue weighted by atomic mass is 10.2. The third-order valence-corrected chi connectivity index (χ3v) is 3.70. The van der Waals surface area contributed by atoms with Gasteiger partial charge in [0, 0.05) is 11.3 Å². The van der Waals surface area contributed by atoms with E-state index in [0.29, 0.717) is 22.7 Å². The number of nitrogens with one attached hydrogen (secondary N) is 1. The van der Waals surface area contributed by atoms with Crippen molar-refractivity contribution in [1.29, 1.82) is 0 Å². The number of esters is 2. The first-order valence-corrected chi connectivity index (χ1v) is 8.45. The fourth-order valence-corrected chi connectivity index (χ4v) is 2.17. The average Bonchev–Trinajstić information content (AvgIpc) is 2.76. The first-order chi connectivity index (χ1) is 14.0. The highest BCUT2D eigenvalue weighted by molar-refractivity contribution is 6.04. The van der Waals surface area contributed by atoms with Gasteiger partial charge in [0.2, 0.25) is 0 Å². The largest absolute Gasteiger partial charge is 0.493 e. The van der Waals surface area contributed by atoms with Crippen molar-refractivity contribution in [3.63, 3.8) is 0 Å². The van der Waals surface area contributed by atoms with E-state index in [-0.39, 0.29) is 24.9 Å². The molecule has 0 aliphatic rings. The molecule has 9 nitrogen and oxygen atoms in total. The maximum atomic E-state index is 12.5. The van der Waals surface area contributed by atoms with E-state index < -0.39 is 11.9 Å². The zero-order valence-electron chi connectivity index (χ0n) is 16.2. The van der Waals surface area contributed by atoms with Gasteiger partial charge in [0.15, 0.2) is 24.7 Å². The molecule has 0 aliphatic heterocycles. The Labute approximate surface area is 167 Å². The van der Waals surface area contributed by atoms with Gasteiger partial charge in [-0.25, -0.2) is 9.59 Å². The number of benzene rings is 2. The monoisotopic (exact) mass is 403 g/mol. The van der Waals surface area contributed by atoms with Crippen LogP contribution in [0.3, 0.4) is 0 Å². The predicted molar refractivity (Wildman–Crippen MR) is 102 cm³/mol. The summed E-state index contributed by atoms with van der Waals surface area (Å²) in [7, 11) is 3.97. The molecule has 0 saturated carbocycles. The Bertz CT molecular complexity index is 863. The summed E-state index contributed by atoms with van der Waals surface area (Å²) in [5.41, 5.74) is 0.824. The third kappa shape index (κ3) is 6.42. The van der Waals surface area contributed by atoms with Crippen molar-refractivity contribution in [3.8, 4) is 17.2 Å². The SMILES string of the molecule is COC(=O)COc1ccc(NC(=O)c2ccc(OC)c(OCC(=O)OC)c2)cc1. The lowest BCUT2D eigenvalue weighted by molar-refractivity contribution is -0.143. The number of ether oxygens (including phenoxy) is 5. The summed E-state index contributed by atoms with van der Waals surface area (Å²) < 4.78 is 24.8. The van der Waals surface area contributed by atoms with Crippen LogP contribution in [0.25, 0.3) is 0 Å². The van der Waals surface area contributed by atoms with Gasteiger partial charge in [0.25, 0.3) is 5.91 Å². The molecule has 154 valence electrons. The summed E-state index contributed by atoms with van der Waals surface area (Å²) in [4.78, 5) is 34.9. The highest BCUT2D eigenvalue weighted by Gasteiger charge is 2.13. The van der Waals surface area contributed by atoms with Gasteiger partial charge in [-0.3, -0.25) is 4.79 Å². The number of anilines is 1. The molecule has 0 spiro atoms. The van der Waals surface area contributed by atoms with Crippen LogP contribution in [0.2, 0.25) is 0 Å². The second kappa shape index (κ2) is 10.5. The number of carbonyl (C=O) groups excluding carboxylic acids is 3. The van der Waals surface area contributed by atoms with Crippen molar-refractivity contribution >= 4 is 23.5 Å². The van der Waals surface area contributed by atoms with Crippen LogP contribution in [0.5, 0.6) is 17.2 Å². The topological polar surface area (TPSA) is 109 Å². The first-order valence-electron chi connectivity index (χ1n) is 8.45. The molecule has 0 bridgehead atoms. The Morgan fingerprint density at radius 1 is 0.793 bits per heavy atom. The Balaban J connectivity index is 2.04. The predicted octanol–water partition coefficient (Wildman–Crippen LogP) is 2.05. The van der Waals surface area contributed by atoms with Gasteiger partial charge >= 0.3 is 11.9 Å². The summed E-state index contributed by atoms with van der Waals surface area (Å²) in [6.07, 6.45) is 0. The minimum Gasteiger partial charge on any atom is -0.493 e. The van der Waals surface area contributed by atoms with E-state index in [0.717, 1.165) is 0 Å². The Hall–Kier alpha value is -3.75. The van der Waals surface area contributed by atoms with Gasteiger partial charge in [-0.1, -0.05) is 0 Å². The molecular formula is C20H21NO8. The van der Waals surface area contributed by atoms with Gasteiger partial charge in [0.05, 0.1) is 21.3 Å². The first kappa shape index (κ1) is 21.5. The third-order valence-electron chi connectivity index (χ3n) is 3.70. The molecule has 1 N–H and O–H groups in total. The van der Waals surface area contributed by atoms with Crippen LogP contribution < -0.4 is 19.5 Å². The van der Waals surface area contributed by atoms with Crippen LogP contribution in [-0.4, -0.2) is 52.4 Å². The number of hydrogen-bond acceptors (Lipinski definition) is 8. The van der Waals surface area contributed by atoms with Gasteiger partial charge in [-0.05, 0) is 42.5 Å². The molecule has 0 radical (unpaired) electrons. The van der Waals surface area contributed by atoms with E-state index >= 15 is 0 Å². The quantitative estimate of drug-likeness (QED) is 0.634. The minimum absolute atomic E-state index is 0.206. The lowest BCUT2D eigenvalue weighted by Crippen LogP contribution is -2.15. The summed E-state index contributed by atoms with van der Waals surface area (Å²) in [5.74, 6) is -0.381. The molecule has 0 saturated heterocycles. The van der Waals surface area contributed by atoms with Crippen molar-refractivity contribution < 1.29 is 38.1 Å². The van der Waals surface area contributed by atoms with E-state index in [1.54, 1.807) is 36.4 Å². The standard InChI is InChI=1S/C20H21NO8/c1-25-16-9-4-13(10-17(16)29-12-19(23)27-3)20(24)21-14-5-7-15(8-6-14)28-11-18(22)26-2/h4-10H,11-12H2,1-3H3,(H,21,24). The van der Waals surface area contributed by atoms with E-state index in [4.69, 9.17) is 14.2 Å². The van der Waals surface area contributed by atoms with E-state index in [1.807, 2.05) is 0 Å². The molecule has 0 unspecified atom stereocenters. The van der Waals surface area contributed by atoms with E-state index in [1.165, 1.54) is 27.4 Å². The number of rotatable bonds is 9. The number of methoxy groups -OCH3 is 3. The molecule has 0 heterocycles. The van der Waals surface area contributed by atoms with Crippen LogP contribution >= 0.6 is 0 Å². The summed E-state index contributed by atoms with van der Waals surface area (Å²) in [6.45, 7) is -0.520. The molecule has 0 fully saturated rings. The van der Waals surface area contributed by atoms with Crippen LogP contribution in [0.1, 0.15) is 10.4 Å². The van der Waals surface area contributed by atoms with Crippen molar-refractivity contribution in [2.24, 2.45) is 0 Å². The Kier molecular flexibility index (Phi) is 7.84. The Morgan fingerprint density at radius 2 is 1.41 bits per heavy atom. The van der Waals surface area contributed by atoms with Crippen molar-refractivity contribution in [2.45, 2.75) is 0 Å². The summed E-state index contributed by atoms with van der Waals surface area (Å²) in [6, 6.07) is 11.1. The normalized spacial score (nSPS) is 9.90. The smallest absolute Gasteiger partial charge is 0.343 e. The van der Waals surface area contributed by atoms with Gasteiger partial charge in [-0.2, -0.15) is 0 Å². The summed E-state index contributed by atoms with van der Waals surface area (Å²) >= 11 is 0. The molecule has 2 rings (SSSR count). The van der Waals surface area contributed by atoms with E-state index in [9.17, 15) is 14.4 Å². The zero-order chi connectivity index (χ0) is 21.2. The molecular weight excluding hydrogens is 382 g/mol. The number of hydrogen-bond donors (Lipinski definition) is 1. The molecule has 0 aliphatic carbocycles. The average molecular weight is 403 g/mol. The van der Waals surface area contributed by atoms with Gasteiger partial charge < -0.3 is 29.0 Å². The zero-order valence-corrected chi connectivity index (χ0v) is 16.2. The molecule has 0 aromatic heterocycles. The van der Waals surface area contributed by atoms with Gasteiger partial charge in [-0.15, -0.1) is 0 Å². The second-order valence-corrected chi connectivity index (χ2v) is 5.57. The lowest BCUT2D eigenvalue weighted by Gasteiger charge is -2.12. The maximum absolute atomic E-state index is 12.5. The molecule has 2 aromatic carbocycles. The second-order valence-electron chi connectivity index (χ2n) is 5.57. The van der Waals surface area contributed by atoms with Crippen molar-refractivity contribution in [3.05, 3.63) is 48.0 Å². The van der Waals surface area contributed by atoms with Crippen molar-refractivity contribution in [1.82, 2.24) is 0 Å². The fraction of sp³-hybridized carbons (Fsp3) is 0.250. The number of amides is 1. The van der Waals surface area contributed by atoms with Crippen molar-refractivity contribution in [2.75, 3.05) is 39.9 Å². The van der Waals surface area contributed by atoms with E-state index in [2.05, 4.69) is 14.8 Å². The highest BCUT2D eigenvalue weighted by Crippen LogP contribution is 2.28. The molecule has 9 heteroatoms. The minimum atomic E-state index is -0.559. The van der Waals surface area contributed by atoms with Crippen LogP contribution in [-0.2, 0) is 19.1 Å². The van der Waals surface area contributed by atoms with Crippen LogP contribution in [0.15, 0.2) is 42.5 Å². The Morgan fingerprint density at radius 3 is 2.00 bits per heavy atom. The molecule has 29 heavy (non-hydrogen) atoms. The number of carbonyl (C=O) groups is 3. The van der Waals surface area contributed by atoms with Crippen LogP contribution in [0.4, 0.5) is 5.69 Å². The molecule has 1 amide bonds. The highest BCUT2D eigenvalue weighted by atomic mass is 16.6. The summed E-state index contributed by atoms with van der Waals surface area (Å²) in [5, 5.41) is 2.73. The fourth-order valence-electron chi connectivity index (χ4n) is 2.17. The molecule has 0 atom stereocenters. The van der Waals surface area contributed by atoms with Gasteiger partial charge in [0.1, 0.15) is 5.75 Å². The van der Waals surface area contributed by atoms with Crippen LogP contribution in [0, 0.1) is 0 Å². The maximum Gasteiger partial charge on any atom is 0.343 e. The molecule has 2 aromatic rings.